The second-order valence-electron chi connectivity index (χ2n) is 4.14. The zero-order valence-corrected chi connectivity index (χ0v) is 12.1. The number of thiazole rings is 1. The zero-order chi connectivity index (χ0) is 14.4. The fourth-order valence-corrected chi connectivity index (χ4v) is 2.39. The highest BCUT2D eigenvalue weighted by atomic mass is 32.1. The molecule has 0 aliphatic heterocycles. The van der Waals surface area contributed by atoms with Crippen LogP contribution in [0, 0.1) is 0 Å². The first kappa shape index (κ1) is 14.3. The van der Waals surface area contributed by atoms with E-state index in [0.717, 1.165) is 5.69 Å². The maximum atomic E-state index is 12.2. The van der Waals surface area contributed by atoms with Crippen molar-refractivity contribution < 1.29 is 9.53 Å². The van der Waals surface area contributed by atoms with Crippen LogP contribution in [0.25, 0.3) is 0 Å². The lowest BCUT2D eigenvalue weighted by Gasteiger charge is -2.12. The van der Waals surface area contributed by atoms with Gasteiger partial charge < -0.3 is 15.8 Å². The topological polar surface area (TPSA) is 77.2 Å². The molecule has 0 fully saturated rings. The van der Waals surface area contributed by atoms with Crippen LogP contribution in [0.1, 0.15) is 23.0 Å². The van der Waals surface area contributed by atoms with E-state index in [-0.39, 0.29) is 5.91 Å². The van der Waals surface area contributed by atoms with Crippen molar-refractivity contribution in [3.8, 4) is 5.75 Å². The van der Waals surface area contributed by atoms with Gasteiger partial charge >= 0.3 is 0 Å². The van der Waals surface area contributed by atoms with Crippen LogP contribution in [0.4, 0.5) is 5.69 Å². The number of hydrogen-bond acceptors (Lipinski definition) is 5. The number of anilines is 1. The van der Waals surface area contributed by atoms with E-state index in [1.54, 1.807) is 35.0 Å². The minimum absolute atomic E-state index is 0.184. The van der Waals surface area contributed by atoms with Crippen molar-refractivity contribution in [2.45, 2.75) is 13.3 Å². The van der Waals surface area contributed by atoms with Crippen molar-refractivity contribution >= 4 is 22.9 Å². The average Bonchev–Trinajstić information content (AvgIpc) is 2.94. The smallest absolute Gasteiger partial charge is 0.255 e. The number of hydrogen-bond donors (Lipinski definition) is 2. The van der Waals surface area contributed by atoms with Crippen LogP contribution in [0.3, 0.4) is 0 Å². The Balaban J connectivity index is 1.99. The van der Waals surface area contributed by atoms with Gasteiger partial charge in [-0.3, -0.25) is 4.79 Å². The number of amides is 1. The van der Waals surface area contributed by atoms with Gasteiger partial charge in [0.1, 0.15) is 0 Å². The molecule has 0 radical (unpaired) electrons. The number of rotatable bonds is 6. The molecule has 0 spiro atoms. The van der Waals surface area contributed by atoms with Gasteiger partial charge in [-0.2, -0.15) is 0 Å². The van der Waals surface area contributed by atoms with E-state index in [9.17, 15) is 4.79 Å². The number of ether oxygens (including phenoxy) is 1. The van der Waals surface area contributed by atoms with Crippen molar-refractivity contribution in [1.82, 2.24) is 10.3 Å². The van der Waals surface area contributed by atoms with E-state index in [4.69, 9.17) is 10.5 Å². The number of carbonyl (C=O) groups excluding carboxylic acids is 1. The van der Waals surface area contributed by atoms with Gasteiger partial charge in [0.05, 0.1) is 29.1 Å². The molecule has 3 N–H and O–H groups in total. The number of aromatic nitrogens is 1. The van der Waals surface area contributed by atoms with Crippen LogP contribution in [0.15, 0.2) is 29.1 Å². The molecule has 106 valence electrons. The van der Waals surface area contributed by atoms with Crippen LogP contribution in [-0.4, -0.2) is 24.0 Å². The summed E-state index contributed by atoms with van der Waals surface area (Å²) in [6, 6.07) is 5.17. The largest absolute Gasteiger partial charge is 0.491 e. The lowest BCUT2D eigenvalue weighted by atomic mass is 10.1. The van der Waals surface area contributed by atoms with Crippen molar-refractivity contribution in [1.29, 1.82) is 0 Å². The van der Waals surface area contributed by atoms with Crippen molar-refractivity contribution in [2.24, 2.45) is 0 Å². The van der Waals surface area contributed by atoms with Crippen molar-refractivity contribution in [3.63, 3.8) is 0 Å². The Morgan fingerprint density at radius 3 is 3.05 bits per heavy atom. The number of nitrogens with one attached hydrogen (secondary N) is 1. The molecule has 2 aromatic rings. The van der Waals surface area contributed by atoms with Gasteiger partial charge in [0.15, 0.2) is 5.75 Å². The number of benzene rings is 1. The Morgan fingerprint density at radius 2 is 2.35 bits per heavy atom. The van der Waals surface area contributed by atoms with Crippen LogP contribution < -0.4 is 15.8 Å². The van der Waals surface area contributed by atoms with Gasteiger partial charge in [0, 0.05) is 18.3 Å². The molecule has 2 rings (SSSR count). The fourth-order valence-electron chi connectivity index (χ4n) is 1.80. The number of carbonyl (C=O) groups is 1. The Labute approximate surface area is 121 Å². The summed E-state index contributed by atoms with van der Waals surface area (Å²) >= 11 is 1.55. The quantitative estimate of drug-likeness (QED) is 0.799. The van der Waals surface area contributed by atoms with E-state index in [1.807, 2.05) is 12.3 Å². The molecule has 0 aliphatic carbocycles. The second-order valence-corrected chi connectivity index (χ2v) is 4.86. The lowest BCUT2D eigenvalue weighted by molar-refractivity contribution is 0.0950. The van der Waals surface area contributed by atoms with Crippen LogP contribution >= 0.6 is 11.3 Å². The monoisotopic (exact) mass is 291 g/mol. The molecule has 5 nitrogen and oxygen atoms in total. The third-order valence-electron chi connectivity index (χ3n) is 2.73. The molecule has 6 heteroatoms. The first-order valence-corrected chi connectivity index (χ1v) is 7.33. The lowest BCUT2D eigenvalue weighted by Crippen LogP contribution is -2.26. The van der Waals surface area contributed by atoms with Crippen LogP contribution in [-0.2, 0) is 6.42 Å². The minimum Gasteiger partial charge on any atom is -0.491 e. The maximum Gasteiger partial charge on any atom is 0.255 e. The summed E-state index contributed by atoms with van der Waals surface area (Å²) in [5, 5.41) is 4.82. The summed E-state index contributed by atoms with van der Waals surface area (Å²) in [6.45, 7) is 2.85. The summed E-state index contributed by atoms with van der Waals surface area (Å²) in [4.78, 5) is 16.3. The summed E-state index contributed by atoms with van der Waals surface area (Å²) in [7, 11) is 0. The highest BCUT2D eigenvalue weighted by Gasteiger charge is 2.14. The standard InChI is InChI=1S/C14H17N3O2S/c1-2-19-13-11(4-3-5-12(13)15)14(18)16-7-6-10-8-20-9-17-10/h3-5,8-9H,2,6-7,15H2,1H3,(H,16,18). The summed E-state index contributed by atoms with van der Waals surface area (Å²) < 4.78 is 5.44. The molecule has 0 atom stereocenters. The van der Waals surface area contributed by atoms with E-state index >= 15 is 0 Å². The van der Waals surface area contributed by atoms with Gasteiger partial charge in [0.25, 0.3) is 5.91 Å². The van der Waals surface area contributed by atoms with Gasteiger partial charge in [-0.1, -0.05) is 6.07 Å². The molecule has 0 saturated carbocycles. The van der Waals surface area contributed by atoms with Crippen molar-refractivity contribution in [3.05, 3.63) is 40.3 Å². The van der Waals surface area contributed by atoms with Gasteiger partial charge in [0.2, 0.25) is 0 Å². The number of para-hydroxylation sites is 1. The number of nitrogen functional groups attached to an aromatic ring is 1. The first-order chi connectivity index (χ1) is 9.72. The third-order valence-corrected chi connectivity index (χ3v) is 3.36. The van der Waals surface area contributed by atoms with E-state index in [2.05, 4.69) is 10.3 Å². The van der Waals surface area contributed by atoms with Gasteiger partial charge in [-0.15, -0.1) is 11.3 Å². The Kier molecular flexibility index (Phi) is 4.95. The zero-order valence-electron chi connectivity index (χ0n) is 11.3. The molecule has 0 saturated heterocycles. The molecule has 0 bridgehead atoms. The Morgan fingerprint density at radius 1 is 1.50 bits per heavy atom. The highest BCUT2D eigenvalue weighted by molar-refractivity contribution is 7.07. The minimum atomic E-state index is -0.184. The maximum absolute atomic E-state index is 12.2. The number of nitrogens with two attached hydrogens (primary N) is 1. The number of nitrogens with zero attached hydrogens (tertiary/aromatic N) is 1. The van der Waals surface area contributed by atoms with E-state index in [0.29, 0.717) is 36.6 Å². The molecule has 0 aliphatic rings. The summed E-state index contributed by atoms with van der Waals surface area (Å²) in [6.07, 6.45) is 0.710. The first-order valence-electron chi connectivity index (χ1n) is 6.39. The molecule has 0 unspecified atom stereocenters. The normalized spacial score (nSPS) is 10.2. The molecule has 1 aromatic carbocycles. The molecule has 1 amide bonds. The Hall–Kier alpha value is -2.08. The SMILES string of the molecule is CCOc1c(N)cccc1C(=O)NCCc1cscn1. The van der Waals surface area contributed by atoms with Crippen LogP contribution in [0.5, 0.6) is 5.75 Å². The summed E-state index contributed by atoms with van der Waals surface area (Å²) in [5.74, 6) is 0.261. The van der Waals surface area contributed by atoms with Crippen molar-refractivity contribution in [2.75, 3.05) is 18.9 Å². The summed E-state index contributed by atoms with van der Waals surface area (Å²) in [5.41, 5.74) is 9.53. The second kappa shape index (κ2) is 6.91. The molecular formula is C14H17N3O2S. The average molecular weight is 291 g/mol. The fraction of sp³-hybridized carbons (Fsp3) is 0.286. The molecule has 1 aromatic heterocycles. The predicted octanol–water partition coefficient (Wildman–Crippen LogP) is 2.10. The van der Waals surface area contributed by atoms with Gasteiger partial charge in [-0.05, 0) is 19.1 Å². The molecule has 1 heterocycles. The van der Waals surface area contributed by atoms with Gasteiger partial charge in [-0.25, -0.2) is 4.98 Å². The highest BCUT2D eigenvalue weighted by Crippen LogP contribution is 2.26. The van der Waals surface area contributed by atoms with Crippen LogP contribution in [0.2, 0.25) is 0 Å². The molecular weight excluding hydrogens is 274 g/mol. The predicted molar refractivity (Wildman–Crippen MR) is 80.2 cm³/mol. The molecule has 20 heavy (non-hydrogen) atoms. The Bertz CT molecular complexity index is 570. The third kappa shape index (κ3) is 3.48. The van der Waals surface area contributed by atoms with E-state index in [1.165, 1.54) is 0 Å². The van der Waals surface area contributed by atoms with E-state index < -0.39 is 0 Å².